The second-order valence-electron chi connectivity index (χ2n) is 7.66. The van der Waals surface area contributed by atoms with Crippen LogP contribution in [0.5, 0.6) is 0 Å². The molecular weight excluding hydrogens is 523 g/mol. The van der Waals surface area contributed by atoms with Crippen molar-refractivity contribution in [2.24, 2.45) is 4.99 Å². The summed E-state index contributed by atoms with van der Waals surface area (Å²) in [5.41, 5.74) is 2.65. The van der Waals surface area contributed by atoms with E-state index in [4.69, 9.17) is 11.6 Å². The van der Waals surface area contributed by atoms with Gasteiger partial charge in [-0.1, -0.05) is 57.9 Å². The molecular formula is C25H21BrClFN4O2. The third kappa shape index (κ3) is 5.13. The van der Waals surface area contributed by atoms with Crippen LogP contribution in [0.4, 0.5) is 14.9 Å². The van der Waals surface area contributed by atoms with Crippen LogP contribution in [-0.2, 0) is 11.2 Å². The number of para-hydroxylation sites is 1. The normalized spacial score (nSPS) is 15.3. The molecule has 2 N–H and O–H groups in total. The van der Waals surface area contributed by atoms with Crippen LogP contribution in [0.15, 0.2) is 76.2 Å². The molecule has 0 bridgehead atoms. The minimum atomic E-state index is -1.23. The van der Waals surface area contributed by atoms with Crippen LogP contribution in [-0.4, -0.2) is 37.4 Å². The number of carbonyl (C=O) groups excluding carboxylic acids is 2. The molecule has 0 spiro atoms. The number of benzodiazepines with no additional fused rings is 1. The van der Waals surface area contributed by atoms with Crippen LogP contribution >= 0.6 is 27.5 Å². The second kappa shape index (κ2) is 10.4. The van der Waals surface area contributed by atoms with Gasteiger partial charge in [-0.2, -0.15) is 0 Å². The molecule has 1 aliphatic heterocycles. The van der Waals surface area contributed by atoms with E-state index in [-0.39, 0.29) is 5.56 Å². The third-order valence-electron chi connectivity index (χ3n) is 5.43. The van der Waals surface area contributed by atoms with Gasteiger partial charge in [0.05, 0.1) is 11.4 Å². The topological polar surface area (TPSA) is 73.8 Å². The van der Waals surface area contributed by atoms with Gasteiger partial charge in [0.2, 0.25) is 6.17 Å². The lowest BCUT2D eigenvalue weighted by Crippen LogP contribution is -2.49. The molecule has 0 saturated carbocycles. The molecule has 3 aromatic carbocycles. The fourth-order valence-corrected chi connectivity index (χ4v) is 4.34. The van der Waals surface area contributed by atoms with E-state index in [1.807, 2.05) is 12.1 Å². The molecule has 3 aromatic rings. The van der Waals surface area contributed by atoms with Crippen molar-refractivity contribution in [3.05, 3.63) is 98.7 Å². The average Bonchev–Trinajstić information content (AvgIpc) is 2.92. The molecule has 1 aliphatic rings. The van der Waals surface area contributed by atoms with Crippen molar-refractivity contribution in [1.29, 1.82) is 0 Å². The highest BCUT2D eigenvalue weighted by Crippen LogP contribution is 2.28. The number of halogens is 3. The number of fused-ring (bicyclic) bond motifs is 1. The summed E-state index contributed by atoms with van der Waals surface area (Å²) in [7, 11) is 1.60. The maximum Gasteiger partial charge on any atom is 0.316 e. The summed E-state index contributed by atoms with van der Waals surface area (Å²) in [5, 5.41) is 5.96. The van der Waals surface area contributed by atoms with Crippen LogP contribution in [0.3, 0.4) is 0 Å². The number of anilines is 1. The summed E-state index contributed by atoms with van der Waals surface area (Å²) < 4.78 is 15.6. The smallest absolute Gasteiger partial charge is 0.316 e. The first kappa shape index (κ1) is 23.9. The first-order valence-electron chi connectivity index (χ1n) is 10.5. The Bertz CT molecular complexity index is 1280. The molecule has 9 heteroatoms. The summed E-state index contributed by atoms with van der Waals surface area (Å²) in [6.07, 6.45) is -0.702. The number of likely N-dealkylation sites (N-methyl/N-ethyl adjacent to an activating group) is 1. The Morgan fingerprint density at radius 3 is 2.59 bits per heavy atom. The van der Waals surface area contributed by atoms with E-state index >= 15 is 0 Å². The van der Waals surface area contributed by atoms with Gasteiger partial charge in [-0.15, -0.1) is 0 Å². The van der Waals surface area contributed by atoms with Crippen LogP contribution in [0.1, 0.15) is 16.7 Å². The fourth-order valence-electron chi connectivity index (χ4n) is 3.71. The van der Waals surface area contributed by atoms with Crippen LogP contribution in [0, 0.1) is 5.82 Å². The molecule has 1 heterocycles. The number of amides is 3. The predicted molar refractivity (Wildman–Crippen MR) is 135 cm³/mol. The van der Waals surface area contributed by atoms with E-state index in [1.165, 1.54) is 11.0 Å². The van der Waals surface area contributed by atoms with Crippen LogP contribution in [0.2, 0.25) is 5.02 Å². The Balaban J connectivity index is 1.56. The average molecular weight is 544 g/mol. The zero-order valence-corrected chi connectivity index (χ0v) is 20.5. The third-order valence-corrected chi connectivity index (χ3v) is 6.44. The number of urea groups is 1. The minimum Gasteiger partial charge on any atom is -0.338 e. The van der Waals surface area contributed by atoms with Gasteiger partial charge in [-0.25, -0.2) is 14.2 Å². The van der Waals surface area contributed by atoms with E-state index in [9.17, 15) is 14.0 Å². The maximum absolute atomic E-state index is 14.7. The number of aliphatic imine (C=N–C) groups is 1. The van der Waals surface area contributed by atoms with Gasteiger partial charge in [0.1, 0.15) is 5.82 Å². The summed E-state index contributed by atoms with van der Waals surface area (Å²) in [5.74, 6) is -0.908. The molecule has 1 atom stereocenters. The van der Waals surface area contributed by atoms with Crippen LogP contribution < -0.4 is 15.5 Å². The Morgan fingerprint density at radius 2 is 1.82 bits per heavy atom. The highest BCUT2D eigenvalue weighted by Gasteiger charge is 2.31. The quantitative estimate of drug-likeness (QED) is 0.479. The van der Waals surface area contributed by atoms with E-state index in [1.54, 1.807) is 55.6 Å². The van der Waals surface area contributed by atoms with Gasteiger partial charge in [0, 0.05) is 34.2 Å². The van der Waals surface area contributed by atoms with Gasteiger partial charge in [0.15, 0.2) is 0 Å². The predicted octanol–water partition coefficient (Wildman–Crippen LogP) is 4.92. The second-order valence-corrected chi connectivity index (χ2v) is 8.95. The lowest BCUT2D eigenvalue weighted by atomic mass is 10.00. The summed E-state index contributed by atoms with van der Waals surface area (Å²) in [6.45, 7) is 0.311. The molecule has 0 radical (unpaired) electrons. The lowest BCUT2D eigenvalue weighted by Gasteiger charge is -2.21. The highest BCUT2D eigenvalue weighted by molar-refractivity contribution is 9.10. The highest BCUT2D eigenvalue weighted by atomic mass is 79.9. The van der Waals surface area contributed by atoms with Crippen molar-refractivity contribution in [2.45, 2.75) is 12.6 Å². The monoisotopic (exact) mass is 542 g/mol. The molecule has 174 valence electrons. The number of hydrogen-bond acceptors (Lipinski definition) is 3. The Kier molecular flexibility index (Phi) is 7.29. The molecule has 0 saturated heterocycles. The van der Waals surface area contributed by atoms with Gasteiger partial charge in [0.25, 0.3) is 5.91 Å². The number of nitrogens with zero attached hydrogens (tertiary/aromatic N) is 2. The van der Waals surface area contributed by atoms with Gasteiger partial charge < -0.3 is 15.5 Å². The molecule has 3 amide bonds. The molecule has 0 aromatic heterocycles. The largest absolute Gasteiger partial charge is 0.338 e. The Morgan fingerprint density at radius 1 is 1.12 bits per heavy atom. The number of nitrogens with one attached hydrogen (secondary N) is 2. The zero-order chi connectivity index (χ0) is 24.2. The van der Waals surface area contributed by atoms with Crippen molar-refractivity contribution >= 4 is 50.9 Å². The van der Waals surface area contributed by atoms with Gasteiger partial charge >= 0.3 is 6.03 Å². The zero-order valence-electron chi connectivity index (χ0n) is 18.2. The van der Waals surface area contributed by atoms with Crippen molar-refractivity contribution < 1.29 is 14.0 Å². The maximum atomic E-state index is 14.7. The van der Waals surface area contributed by atoms with E-state index in [2.05, 4.69) is 31.6 Å². The number of benzene rings is 3. The first-order valence-corrected chi connectivity index (χ1v) is 11.7. The van der Waals surface area contributed by atoms with Crippen molar-refractivity contribution in [3.63, 3.8) is 0 Å². The summed E-state index contributed by atoms with van der Waals surface area (Å²) in [6, 6.07) is 18.2. The van der Waals surface area contributed by atoms with Gasteiger partial charge in [-0.05, 0) is 48.4 Å². The Hall–Kier alpha value is -3.23. The van der Waals surface area contributed by atoms with Crippen molar-refractivity contribution in [2.75, 3.05) is 18.5 Å². The fraction of sp³-hybridized carbons (Fsp3) is 0.160. The Labute approximate surface area is 210 Å². The SMILES string of the molecule is CN1C(=O)C(NC(=O)NCCc2cc(Cl)ccc2Br)N=C(c2ccccc2F)c2ccccc21. The number of hydrogen-bond donors (Lipinski definition) is 2. The van der Waals surface area contributed by atoms with E-state index < -0.39 is 23.9 Å². The summed E-state index contributed by atoms with van der Waals surface area (Å²) >= 11 is 9.51. The van der Waals surface area contributed by atoms with Crippen molar-refractivity contribution in [3.8, 4) is 0 Å². The molecule has 0 fully saturated rings. The standard InChI is InChI=1S/C25H21BrClFN4O2/c1-32-21-9-5-3-7-18(21)22(17-6-2-4-8-20(17)28)30-23(24(32)33)31-25(34)29-13-12-15-14-16(27)10-11-19(15)26/h2-11,14,23H,12-13H2,1H3,(H2,29,31,34). The number of carbonyl (C=O) groups is 2. The van der Waals surface area contributed by atoms with E-state index in [0.717, 1.165) is 10.0 Å². The van der Waals surface area contributed by atoms with Gasteiger partial charge in [-0.3, -0.25) is 4.79 Å². The molecule has 6 nitrogen and oxygen atoms in total. The number of rotatable bonds is 5. The molecule has 34 heavy (non-hydrogen) atoms. The lowest BCUT2D eigenvalue weighted by molar-refractivity contribution is -0.119. The molecule has 4 rings (SSSR count). The van der Waals surface area contributed by atoms with Crippen molar-refractivity contribution in [1.82, 2.24) is 10.6 Å². The minimum absolute atomic E-state index is 0.246. The molecule has 0 aliphatic carbocycles. The molecule has 1 unspecified atom stereocenters. The van der Waals surface area contributed by atoms with Crippen LogP contribution in [0.25, 0.3) is 0 Å². The first-order chi connectivity index (χ1) is 16.3. The summed E-state index contributed by atoms with van der Waals surface area (Å²) in [4.78, 5) is 31.7. The van der Waals surface area contributed by atoms with E-state index in [0.29, 0.717) is 35.0 Å².